The number of hydrogen-bond donors (Lipinski definition) is 0. The van der Waals surface area contributed by atoms with E-state index in [0.29, 0.717) is 13.2 Å². The highest BCUT2D eigenvalue weighted by Crippen LogP contribution is 1.65. The quantitative estimate of drug-likeness (QED) is 0.398. The standard InChI is InChI=1S/C4H10O2.ClH.H4Si/c1-5-3-4-6-2;;/h3-4H2,1-2H3;1H;1H4. The summed E-state index contributed by atoms with van der Waals surface area (Å²) in [6, 6.07) is 0. The maximum atomic E-state index is 4.66. The summed E-state index contributed by atoms with van der Waals surface area (Å²) in [5.74, 6) is 0. The predicted molar refractivity (Wildman–Crippen MR) is 42.3 cm³/mol. The van der Waals surface area contributed by atoms with E-state index >= 15 is 0 Å². The lowest BCUT2D eigenvalue weighted by Crippen LogP contribution is -1.96. The highest BCUT2D eigenvalue weighted by molar-refractivity contribution is 5.85. The average molecular weight is 159 g/mol. The lowest BCUT2D eigenvalue weighted by Gasteiger charge is -1.91. The second-order valence-corrected chi connectivity index (χ2v) is 0.986. The summed E-state index contributed by atoms with van der Waals surface area (Å²) >= 11 is 0. The molecule has 0 amide bonds. The van der Waals surface area contributed by atoms with Crippen LogP contribution in [0.4, 0.5) is 0 Å². The Morgan fingerprint density at radius 1 is 1.00 bits per heavy atom. The lowest BCUT2D eigenvalue weighted by atomic mass is 10.8. The zero-order valence-corrected chi connectivity index (χ0v) is 5.46. The molecule has 0 bridgehead atoms. The van der Waals surface area contributed by atoms with Crippen LogP contribution in [0.2, 0.25) is 0 Å². The van der Waals surface area contributed by atoms with Crippen molar-refractivity contribution in [3.05, 3.63) is 0 Å². The third-order valence-corrected chi connectivity index (χ3v) is 0.492. The van der Waals surface area contributed by atoms with Crippen molar-refractivity contribution in [2.45, 2.75) is 0 Å². The van der Waals surface area contributed by atoms with Gasteiger partial charge in [-0.2, -0.15) is 0 Å². The molecule has 0 aromatic carbocycles. The van der Waals surface area contributed by atoms with Crippen molar-refractivity contribution in [3.63, 3.8) is 0 Å². The Kier molecular flexibility index (Phi) is 30.9. The zero-order valence-electron chi connectivity index (χ0n) is 4.64. The van der Waals surface area contributed by atoms with Crippen molar-refractivity contribution >= 4 is 23.4 Å². The maximum Gasteiger partial charge on any atom is 0.0696 e. The van der Waals surface area contributed by atoms with Crippen LogP contribution in [0, 0.1) is 0 Å². The monoisotopic (exact) mass is 158 g/mol. The Morgan fingerprint density at radius 2 is 1.25 bits per heavy atom. The smallest absolute Gasteiger partial charge is 0.0696 e. The van der Waals surface area contributed by atoms with E-state index in [-0.39, 0.29) is 23.4 Å². The highest BCUT2D eigenvalue weighted by atomic mass is 35.5. The van der Waals surface area contributed by atoms with Gasteiger partial charge in [0.1, 0.15) is 0 Å². The molecular weight excluding hydrogens is 144 g/mol. The molecular formula is C4H15ClO2Si. The summed E-state index contributed by atoms with van der Waals surface area (Å²) in [6.07, 6.45) is 0. The Labute approximate surface area is 61.0 Å². The lowest BCUT2D eigenvalue weighted by molar-refractivity contribution is 0.103. The first-order chi connectivity index (χ1) is 2.91. The van der Waals surface area contributed by atoms with Crippen LogP contribution < -0.4 is 0 Å². The second-order valence-electron chi connectivity index (χ2n) is 0.986. The first kappa shape index (κ1) is 15.8. The minimum absolute atomic E-state index is 0. The molecule has 0 aliphatic heterocycles. The van der Waals surface area contributed by atoms with E-state index in [1.54, 1.807) is 14.2 Å². The van der Waals surface area contributed by atoms with Crippen molar-refractivity contribution in [2.24, 2.45) is 0 Å². The fraction of sp³-hybridized carbons (Fsp3) is 1.00. The molecule has 0 aliphatic rings. The molecule has 0 spiro atoms. The Bertz CT molecular complexity index is 26.0. The maximum absolute atomic E-state index is 4.66. The van der Waals surface area contributed by atoms with Crippen molar-refractivity contribution < 1.29 is 9.47 Å². The molecule has 0 radical (unpaired) electrons. The molecule has 4 heteroatoms. The normalized spacial score (nSPS) is 6.75. The van der Waals surface area contributed by atoms with Crippen molar-refractivity contribution in [1.29, 1.82) is 0 Å². The molecule has 0 saturated heterocycles. The highest BCUT2D eigenvalue weighted by Gasteiger charge is 1.73. The molecule has 0 aromatic heterocycles. The van der Waals surface area contributed by atoms with E-state index in [2.05, 4.69) is 9.47 Å². The van der Waals surface area contributed by atoms with Crippen LogP contribution in [0.15, 0.2) is 0 Å². The van der Waals surface area contributed by atoms with Crippen molar-refractivity contribution in [3.8, 4) is 0 Å². The van der Waals surface area contributed by atoms with Crippen LogP contribution in [-0.4, -0.2) is 38.4 Å². The zero-order chi connectivity index (χ0) is 4.83. The SMILES string of the molecule is COCCOC.Cl.[SiH4]. The molecule has 0 atom stereocenters. The third-order valence-electron chi connectivity index (χ3n) is 0.492. The van der Waals surface area contributed by atoms with E-state index in [0.717, 1.165) is 0 Å². The van der Waals surface area contributed by atoms with Gasteiger partial charge in [-0.25, -0.2) is 0 Å². The van der Waals surface area contributed by atoms with Gasteiger partial charge in [0, 0.05) is 14.2 Å². The van der Waals surface area contributed by atoms with E-state index in [4.69, 9.17) is 0 Å². The Balaban J connectivity index is -0.000000125. The van der Waals surface area contributed by atoms with Crippen molar-refractivity contribution in [2.75, 3.05) is 27.4 Å². The van der Waals surface area contributed by atoms with Crippen LogP contribution >= 0.6 is 12.4 Å². The first-order valence-corrected chi connectivity index (χ1v) is 1.89. The van der Waals surface area contributed by atoms with Gasteiger partial charge in [-0.3, -0.25) is 0 Å². The molecule has 0 heterocycles. The summed E-state index contributed by atoms with van der Waals surface area (Å²) in [5, 5.41) is 0. The van der Waals surface area contributed by atoms with Crippen molar-refractivity contribution in [1.82, 2.24) is 0 Å². The topological polar surface area (TPSA) is 18.5 Å². The minimum Gasteiger partial charge on any atom is -0.382 e. The fourth-order valence-electron chi connectivity index (χ4n) is 0.167. The Morgan fingerprint density at radius 3 is 1.38 bits per heavy atom. The van der Waals surface area contributed by atoms with E-state index in [9.17, 15) is 0 Å². The van der Waals surface area contributed by atoms with Crippen LogP contribution in [0.3, 0.4) is 0 Å². The van der Waals surface area contributed by atoms with E-state index in [1.165, 1.54) is 0 Å². The number of methoxy groups -OCH3 is 2. The second kappa shape index (κ2) is 15.7. The molecule has 0 aliphatic carbocycles. The molecule has 0 aromatic rings. The average Bonchev–Trinajstić information content (AvgIpc) is 1.61. The van der Waals surface area contributed by atoms with Gasteiger partial charge in [-0.05, 0) is 11.0 Å². The molecule has 8 heavy (non-hydrogen) atoms. The molecule has 0 fully saturated rings. The van der Waals surface area contributed by atoms with Gasteiger partial charge in [-0.15, -0.1) is 12.4 Å². The summed E-state index contributed by atoms with van der Waals surface area (Å²) in [5.41, 5.74) is 0. The van der Waals surface area contributed by atoms with Gasteiger partial charge in [0.05, 0.1) is 13.2 Å². The van der Waals surface area contributed by atoms with Gasteiger partial charge in [0.15, 0.2) is 0 Å². The van der Waals surface area contributed by atoms with E-state index < -0.39 is 0 Å². The fourth-order valence-corrected chi connectivity index (χ4v) is 0.167. The van der Waals surface area contributed by atoms with Gasteiger partial charge in [0.25, 0.3) is 0 Å². The molecule has 0 saturated carbocycles. The molecule has 0 unspecified atom stereocenters. The summed E-state index contributed by atoms with van der Waals surface area (Å²) < 4.78 is 9.31. The summed E-state index contributed by atoms with van der Waals surface area (Å²) in [6.45, 7) is 1.38. The van der Waals surface area contributed by atoms with Crippen LogP contribution in [-0.2, 0) is 9.47 Å². The van der Waals surface area contributed by atoms with Crippen LogP contribution in [0.1, 0.15) is 0 Å². The largest absolute Gasteiger partial charge is 0.382 e. The molecule has 2 nitrogen and oxygen atoms in total. The first-order valence-electron chi connectivity index (χ1n) is 1.89. The van der Waals surface area contributed by atoms with Gasteiger partial charge in [-0.1, -0.05) is 0 Å². The Hall–Kier alpha value is 0.427. The van der Waals surface area contributed by atoms with Crippen LogP contribution in [0.25, 0.3) is 0 Å². The van der Waals surface area contributed by atoms with Crippen LogP contribution in [0.5, 0.6) is 0 Å². The van der Waals surface area contributed by atoms with Gasteiger partial charge >= 0.3 is 0 Å². The minimum atomic E-state index is 0. The number of hydrogen-bond acceptors (Lipinski definition) is 2. The summed E-state index contributed by atoms with van der Waals surface area (Å²) in [7, 11) is 3.30. The van der Waals surface area contributed by atoms with Gasteiger partial charge in [0.2, 0.25) is 0 Å². The van der Waals surface area contributed by atoms with Gasteiger partial charge < -0.3 is 9.47 Å². The third kappa shape index (κ3) is 16.1. The predicted octanol–water partition coefficient (Wildman–Crippen LogP) is -0.751. The molecule has 0 rings (SSSR count). The molecule has 0 N–H and O–H groups in total. The number of rotatable bonds is 3. The molecule has 54 valence electrons. The number of ether oxygens (including phenoxy) is 2. The summed E-state index contributed by atoms with van der Waals surface area (Å²) in [4.78, 5) is 0. The number of halogens is 1. The van der Waals surface area contributed by atoms with E-state index in [1.807, 2.05) is 0 Å².